The average Bonchev–Trinajstić information content (AvgIpc) is 3.00. The second-order valence-corrected chi connectivity index (χ2v) is 6.46. The van der Waals surface area contributed by atoms with Crippen LogP contribution in [-0.2, 0) is 13.2 Å². The van der Waals surface area contributed by atoms with Gasteiger partial charge in [0.15, 0.2) is 0 Å². The monoisotopic (exact) mass is 347 g/mol. The van der Waals surface area contributed by atoms with Crippen molar-refractivity contribution in [1.29, 1.82) is 0 Å². The van der Waals surface area contributed by atoms with Crippen molar-refractivity contribution in [3.05, 3.63) is 58.9 Å². The van der Waals surface area contributed by atoms with Crippen LogP contribution >= 0.6 is 11.6 Å². The van der Waals surface area contributed by atoms with Crippen LogP contribution in [0.5, 0.6) is 5.75 Å². The zero-order valence-electron chi connectivity index (χ0n) is 13.4. The first kappa shape index (κ1) is 17.2. The third kappa shape index (κ3) is 4.68. The second kappa shape index (κ2) is 8.44. The number of hydrogen-bond acceptors (Lipinski definition) is 5. The molecule has 1 fully saturated rings. The van der Waals surface area contributed by atoms with Crippen molar-refractivity contribution in [1.82, 2.24) is 15.6 Å². The first-order chi connectivity index (χ1) is 11.7. The van der Waals surface area contributed by atoms with E-state index in [0.29, 0.717) is 24.7 Å². The third-order valence-corrected chi connectivity index (χ3v) is 4.40. The van der Waals surface area contributed by atoms with Gasteiger partial charge in [-0.1, -0.05) is 17.7 Å². The number of benzene rings is 1. The molecule has 0 bridgehead atoms. The van der Waals surface area contributed by atoms with E-state index < -0.39 is 0 Å². The molecule has 0 saturated carbocycles. The van der Waals surface area contributed by atoms with E-state index >= 15 is 0 Å². The predicted molar refractivity (Wildman–Crippen MR) is 94.1 cm³/mol. The summed E-state index contributed by atoms with van der Waals surface area (Å²) in [5.74, 6) is 1.05. The van der Waals surface area contributed by atoms with E-state index in [1.807, 2.05) is 30.3 Å². The zero-order valence-corrected chi connectivity index (χ0v) is 14.2. The van der Waals surface area contributed by atoms with E-state index in [1.165, 1.54) is 0 Å². The molecule has 0 radical (unpaired) electrons. The molecular formula is C18H22ClN3O2. The normalized spacial score (nSPS) is 20.2. The number of β-amino-alcohol motifs (C(OH)–C–C–N with tert-alkyl or cyclic N) is 1. The highest BCUT2D eigenvalue weighted by Gasteiger charge is 2.24. The number of pyridine rings is 1. The van der Waals surface area contributed by atoms with Crippen LogP contribution in [0.3, 0.4) is 0 Å². The molecule has 5 nitrogen and oxygen atoms in total. The lowest BCUT2D eigenvalue weighted by molar-refractivity contribution is 0.146. The standard InChI is InChI=1S/C18H22ClN3O2/c19-16-3-4-18(24-12-13-2-1-5-20-7-13)14(6-16)8-21-9-15-10-22-11-17(15)23/h1-7,15,17,21-23H,8-12H2. The Labute approximate surface area is 147 Å². The molecule has 2 atom stereocenters. The predicted octanol–water partition coefficient (Wildman–Crippen LogP) is 1.98. The van der Waals surface area contributed by atoms with E-state index in [2.05, 4.69) is 15.6 Å². The van der Waals surface area contributed by atoms with Crippen molar-refractivity contribution in [2.75, 3.05) is 19.6 Å². The van der Waals surface area contributed by atoms with Crippen molar-refractivity contribution in [3.8, 4) is 5.75 Å². The number of hydrogen-bond donors (Lipinski definition) is 3. The molecule has 2 unspecified atom stereocenters. The van der Waals surface area contributed by atoms with Crippen LogP contribution in [0, 0.1) is 5.92 Å². The summed E-state index contributed by atoms with van der Waals surface area (Å²) in [6.45, 7) is 3.37. The molecule has 128 valence electrons. The summed E-state index contributed by atoms with van der Waals surface area (Å²) in [7, 11) is 0. The van der Waals surface area contributed by atoms with Crippen molar-refractivity contribution in [2.45, 2.75) is 19.3 Å². The molecule has 0 amide bonds. The minimum absolute atomic E-state index is 0.240. The summed E-state index contributed by atoms with van der Waals surface area (Å²) in [4.78, 5) is 4.09. The van der Waals surface area contributed by atoms with E-state index in [0.717, 1.165) is 30.0 Å². The van der Waals surface area contributed by atoms with Gasteiger partial charge in [-0.3, -0.25) is 4.98 Å². The molecule has 1 aromatic carbocycles. The number of halogens is 1. The van der Waals surface area contributed by atoms with Crippen LogP contribution in [0.25, 0.3) is 0 Å². The molecule has 1 aliphatic rings. The van der Waals surface area contributed by atoms with Gasteiger partial charge < -0.3 is 20.5 Å². The van der Waals surface area contributed by atoms with Crippen LogP contribution in [-0.4, -0.2) is 35.8 Å². The molecule has 0 spiro atoms. The first-order valence-electron chi connectivity index (χ1n) is 8.12. The average molecular weight is 348 g/mol. The molecule has 1 aromatic heterocycles. The van der Waals surface area contributed by atoms with Gasteiger partial charge in [0.05, 0.1) is 6.10 Å². The number of aromatic nitrogens is 1. The molecule has 3 N–H and O–H groups in total. The van der Waals surface area contributed by atoms with Crippen molar-refractivity contribution in [2.24, 2.45) is 5.92 Å². The van der Waals surface area contributed by atoms with Gasteiger partial charge in [0.1, 0.15) is 12.4 Å². The first-order valence-corrected chi connectivity index (χ1v) is 8.50. The summed E-state index contributed by atoms with van der Waals surface area (Å²) in [6, 6.07) is 9.51. The highest BCUT2D eigenvalue weighted by atomic mass is 35.5. The lowest BCUT2D eigenvalue weighted by Gasteiger charge is -2.16. The molecule has 3 rings (SSSR count). The van der Waals surface area contributed by atoms with Crippen LogP contribution in [0.15, 0.2) is 42.7 Å². The maximum atomic E-state index is 9.84. The van der Waals surface area contributed by atoms with Crippen molar-refractivity contribution in [3.63, 3.8) is 0 Å². The Morgan fingerprint density at radius 3 is 3.00 bits per heavy atom. The fourth-order valence-corrected chi connectivity index (χ4v) is 2.99. The van der Waals surface area contributed by atoms with Crippen molar-refractivity contribution >= 4 is 11.6 Å². The summed E-state index contributed by atoms with van der Waals surface area (Å²) in [5.41, 5.74) is 2.03. The van der Waals surface area contributed by atoms with Crippen LogP contribution in [0.4, 0.5) is 0 Å². The van der Waals surface area contributed by atoms with Crippen LogP contribution < -0.4 is 15.4 Å². The molecule has 2 heterocycles. The maximum absolute atomic E-state index is 9.84. The number of ether oxygens (including phenoxy) is 1. The molecule has 2 aromatic rings. The summed E-state index contributed by atoms with van der Waals surface area (Å²) in [6.07, 6.45) is 3.26. The lowest BCUT2D eigenvalue weighted by Crippen LogP contribution is -2.30. The minimum atomic E-state index is -0.279. The van der Waals surface area contributed by atoms with Gasteiger partial charge in [0.25, 0.3) is 0 Å². The van der Waals surface area contributed by atoms with Crippen LogP contribution in [0.1, 0.15) is 11.1 Å². The molecule has 0 aliphatic carbocycles. The summed E-state index contributed by atoms with van der Waals surface area (Å²) in [5, 5.41) is 17.1. The highest BCUT2D eigenvalue weighted by Crippen LogP contribution is 2.24. The highest BCUT2D eigenvalue weighted by molar-refractivity contribution is 6.30. The number of aliphatic hydroxyl groups excluding tert-OH is 1. The molecule has 24 heavy (non-hydrogen) atoms. The van der Waals surface area contributed by atoms with E-state index in [4.69, 9.17) is 16.3 Å². The third-order valence-electron chi connectivity index (χ3n) is 4.17. The van der Waals surface area contributed by atoms with Gasteiger partial charge >= 0.3 is 0 Å². The molecule has 1 saturated heterocycles. The van der Waals surface area contributed by atoms with Crippen LogP contribution in [0.2, 0.25) is 5.02 Å². The van der Waals surface area contributed by atoms with Gasteiger partial charge in [-0.05, 0) is 24.3 Å². The van der Waals surface area contributed by atoms with Gasteiger partial charge in [-0.25, -0.2) is 0 Å². The number of aliphatic hydroxyl groups is 1. The SMILES string of the molecule is OC1CNCC1CNCc1cc(Cl)ccc1OCc1cccnc1. The fraction of sp³-hybridized carbons (Fsp3) is 0.389. The Morgan fingerprint density at radius 1 is 1.33 bits per heavy atom. The Morgan fingerprint density at radius 2 is 2.25 bits per heavy atom. The second-order valence-electron chi connectivity index (χ2n) is 6.02. The fourth-order valence-electron chi connectivity index (χ4n) is 2.79. The quantitative estimate of drug-likeness (QED) is 0.714. The van der Waals surface area contributed by atoms with Gasteiger partial charge in [0.2, 0.25) is 0 Å². The van der Waals surface area contributed by atoms with Gasteiger partial charge in [-0.15, -0.1) is 0 Å². The van der Waals surface area contributed by atoms with E-state index in [1.54, 1.807) is 12.4 Å². The Hall–Kier alpha value is -1.66. The smallest absolute Gasteiger partial charge is 0.124 e. The van der Waals surface area contributed by atoms with Gasteiger partial charge in [0, 0.05) is 60.6 Å². The lowest BCUT2D eigenvalue weighted by atomic mass is 10.1. The number of rotatable bonds is 7. The largest absolute Gasteiger partial charge is 0.489 e. The molecule has 1 aliphatic heterocycles. The molecule has 6 heteroatoms. The molecular weight excluding hydrogens is 326 g/mol. The zero-order chi connectivity index (χ0) is 16.8. The Kier molecular flexibility index (Phi) is 6.04. The van der Waals surface area contributed by atoms with Crippen molar-refractivity contribution < 1.29 is 9.84 Å². The van der Waals surface area contributed by atoms with E-state index in [-0.39, 0.29) is 12.0 Å². The Balaban J connectivity index is 1.58. The van der Waals surface area contributed by atoms with Gasteiger partial charge in [-0.2, -0.15) is 0 Å². The maximum Gasteiger partial charge on any atom is 0.124 e. The minimum Gasteiger partial charge on any atom is -0.489 e. The Bertz CT molecular complexity index is 654. The summed E-state index contributed by atoms with van der Waals surface area (Å²) >= 11 is 6.12. The van der Waals surface area contributed by atoms with E-state index in [9.17, 15) is 5.11 Å². The summed E-state index contributed by atoms with van der Waals surface area (Å²) < 4.78 is 5.92. The topological polar surface area (TPSA) is 66.4 Å². The number of nitrogens with one attached hydrogen (secondary N) is 2. The number of nitrogens with zero attached hydrogens (tertiary/aromatic N) is 1.